The van der Waals surface area contributed by atoms with Crippen molar-refractivity contribution in [2.45, 2.75) is 6.10 Å². The second-order valence-corrected chi connectivity index (χ2v) is 3.52. The van der Waals surface area contributed by atoms with Crippen LogP contribution in [0.25, 0.3) is 10.8 Å². The van der Waals surface area contributed by atoms with Gasteiger partial charge >= 0.3 is 5.97 Å². The lowest BCUT2D eigenvalue weighted by atomic mass is 10.0. The maximum Gasteiger partial charge on any atom is 0.337 e. The van der Waals surface area contributed by atoms with Crippen LogP contribution in [0.1, 0.15) is 11.7 Å². The van der Waals surface area contributed by atoms with E-state index in [4.69, 9.17) is 9.84 Å². The van der Waals surface area contributed by atoms with Crippen molar-refractivity contribution in [2.75, 3.05) is 7.11 Å². The zero-order chi connectivity index (χ0) is 11.5. The molecule has 82 valence electrons. The molecule has 0 amide bonds. The van der Waals surface area contributed by atoms with Gasteiger partial charge in [-0.2, -0.15) is 0 Å². The monoisotopic (exact) mass is 216 g/mol. The van der Waals surface area contributed by atoms with Gasteiger partial charge in [-0.05, 0) is 16.3 Å². The van der Waals surface area contributed by atoms with Gasteiger partial charge in [-0.3, -0.25) is 0 Å². The molecule has 16 heavy (non-hydrogen) atoms. The smallest absolute Gasteiger partial charge is 0.337 e. The molecule has 0 aliphatic carbocycles. The number of ether oxygens (including phenoxy) is 1. The summed E-state index contributed by atoms with van der Waals surface area (Å²) in [4.78, 5) is 11.0. The summed E-state index contributed by atoms with van der Waals surface area (Å²) < 4.78 is 5.01. The molecule has 2 aromatic rings. The molecule has 3 nitrogen and oxygen atoms in total. The van der Waals surface area contributed by atoms with Gasteiger partial charge in [0.15, 0.2) is 6.10 Å². The molecule has 1 atom stereocenters. The topological polar surface area (TPSA) is 46.5 Å². The van der Waals surface area contributed by atoms with Gasteiger partial charge in [-0.1, -0.05) is 42.5 Å². The average molecular weight is 216 g/mol. The van der Waals surface area contributed by atoms with Gasteiger partial charge in [0.05, 0.1) is 0 Å². The van der Waals surface area contributed by atoms with Crippen molar-refractivity contribution in [2.24, 2.45) is 0 Å². The first-order valence-corrected chi connectivity index (χ1v) is 4.97. The summed E-state index contributed by atoms with van der Waals surface area (Å²) in [6, 6.07) is 13.2. The Morgan fingerprint density at radius 3 is 2.56 bits per heavy atom. The Bertz CT molecular complexity index is 514. The van der Waals surface area contributed by atoms with Crippen LogP contribution in [-0.2, 0) is 9.53 Å². The van der Waals surface area contributed by atoms with Crippen LogP contribution in [0.5, 0.6) is 0 Å². The lowest BCUT2D eigenvalue weighted by Crippen LogP contribution is -2.13. The number of methoxy groups -OCH3 is 1. The number of carboxylic acids is 1. The predicted octanol–water partition coefficient (Wildman–Crippen LogP) is 2.61. The van der Waals surface area contributed by atoms with Crippen LogP contribution in [-0.4, -0.2) is 18.2 Å². The van der Waals surface area contributed by atoms with Crippen molar-refractivity contribution in [3.63, 3.8) is 0 Å². The Morgan fingerprint density at radius 2 is 1.88 bits per heavy atom. The normalized spacial score (nSPS) is 12.6. The summed E-state index contributed by atoms with van der Waals surface area (Å²) in [5.41, 5.74) is 0.688. The highest BCUT2D eigenvalue weighted by molar-refractivity contribution is 5.90. The van der Waals surface area contributed by atoms with E-state index in [1.165, 1.54) is 7.11 Å². The van der Waals surface area contributed by atoms with Gasteiger partial charge in [0.1, 0.15) is 0 Å². The van der Waals surface area contributed by atoms with Gasteiger partial charge in [0, 0.05) is 7.11 Å². The molecule has 0 saturated heterocycles. The summed E-state index contributed by atoms with van der Waals surface area (Å²) in [6.45, 7) is 0. The third-order valence-electron chi connectivity index (χ3n) is 2.57. The molecule has 0 bridgehead atoms. The third kappa shape index (κ3) is 1.77. The first-order chi connectivity index (χ1) is 7.74. The molecule has 0 heterocycles. The standard InChI is InChI=1S/C13H12O3/c1-16-12(13(14)15)11-8-4-6-9-5-2-3-7-10(9)11/h2-8,12H,1H3,(H,14,15)/t12-/m0/s1. The number of carboxylic acid groups (broad SMARTS) is 1. The van der Waals surface area contributed by atoms with E-state index in [0.29, 0.717) is 5.56 Å². The highest BCUT2D eigenvalue weighted by Gasteiger charge is 2.20. The zero-order valence-electron chi connectivity index (χ0n) is 8.88. The van der Waals surface area contributed by atoms with E-state index in [2.05, 4.69) is 0 Å². The first kappa shape index (κ1) is 10.6. The summed E-state index contributed by atoms with van der Waals surface area (Å²) in [6.07, 6.45) is -0.911. The molecule has 0 saturated carbocycles. The predicted molar refractivity (Wildman–Crippen MR) is 61.3 cm³/mol. The van der Waals surface area contributed by atoms with Crippen LogP contribution >= 0.6 is 0 Å². The summed E-state index contributed by atoms with van der Waals surface area (Å²) in [5, 5.41) is 11.0. The average Bonchev–Trinajstić information content (AvgIpc) is 2.30. The summed E-state index contributed by atoms with van der Waals surface area (Å²) >= 11 is 0. The number of hydrogen-bond donors (Lipinski definition) is 1. The number of rotatable bonds is 3. The molecule has 0 unspecified atom stereocenters. The highest BCUT2D eigenvalue weighted by atomic mass is 16.5. The van der Waals surface area contributed by atoms with E-state index < -0.39 is 12.1 Å². The Kier molecular flexibility index (Phi) is 2.88. The minimum absolute atomic E-state index is 0.688. The van der Waals surface area contributed by atoms with Crippen LogP contribution in [0.4, 0.5) is 0 Å². The van der Waals surface area contributed by atoms with Crippen LogP contribution in [0, 0.1) is 0 Å². The molecule has 2 aromatic carbocycles. The lowest BCUT2D eigenvalue weighted by molar-refractivity contribution is -0.148. The SMILES string of the molecule is CO[C@H](C(=O)O)c1cccc2ccccc12. The minimum Gasteiger partial charge on any atom is -0.479 e. The van der Waals surface area contributed by atoms with Gasteiger partial charge in [0.2, 0.25) is 0 Å². The van der Waals surface area contributed by atoms with Crippen LogP contribution in [0.3, 0.4) is 0 Å². The van der Waals surface area contributed by atoms with Crippen molar-refractivity contribution in [1.82, 2.24) is 0 Å². The third-order valence-corrected chi connectivity index (χ3v) is 2.57. The molecule has 0 aliphatic rings. The molecule has 0 aliphatic heterocycles. The minimum atomic E-state index is -0.973. The quantitative estimate of drug-likeness (QED) is 0.857. The molecule has 0 spiro atoms. The molecular formula is C13H12O3. The number of carbonyl (C=O) groups is 1. The van der Waals surface area contributed by atoms with Gasteiger partial charge in [-0.25, -0.2) is 4.79 Å². The van der Waals surface area contributed by atoms with Crippen molar-refractivity contribution in [3.05, 3.63) is 48.0 Å². The number of fused-ring (bicyclic) bond motifs is 1. The molecule has 3 heteroatoms. The summed E-state index contributed by atoms with van der Waals surface area (Å²) in [7, 11) is 1.40. The van der Waals surface area contributed by atoms with E-state index in [1.807, 2.05) is 36.4 Å². The molecule has 0 radical (unpaired) electrons. The summed E-state index contributed by atoms with van der Waals surface area (Å²) in [5.74, 6) is -0.973. The van der Waals surface area contributed by atoms with Crippen LogP contribution in [0.15, 0.2) is 42.5 Å². The zero-order valence-corrected chi connectivity index (χ0v) is 8.88. The Hall–Kier alpha value is -1.87. The van der Waals surface area contributed by atoms with E-state index in [-0.39, 0.29) is 0 Å². The Labute approximate surface area is 93.3 Å². The van der Waals surface area contributed by atoms with Crippen LogP contribution < -0.4 is 0 Å². The van der Waals surface area contributed by atoms with Crippen molar-refractivity contribution < 1.29 is 14.6 Å². The lowest BCUT2D eigenvalue weighted by Gasteiger charge is -2.13. The Morgan fingerprint density at radius 1 is 1.19 bits per heavy atom. The number of aliphatic carboxylic acids is 1. The second-order valence-electron chi connectivity index (χ2n) is 3.52. The maximum absolute atomic E-state index is 11.0. The van der Waals surface area contributed by atoms with E-state index in [0.717, 1.165) is 10.8 Å². The van der Waals surface area contributed by atoms with E-state index in [9.17, 15) is 4.79 Å². The fourth-order valence-corrected chi connectivity index (χ4v) is 1.84. The first-order valence-electron chi connectivity index (χ1n) is 4.97. The van der Waals surface area contributed by atoms with Crippen molar-refractivity contribution in [1.29, 1.82) is 0 Å². The van der Waals surface area contributed by atoms with Gasteiger partial charge in [0.25, 0.3) is 0 Å². The van der Waals surface area contributed by atoms with Crippen LogP contribution in [0.2, 0.25) is 0 Å². The fraction of sp³-hybridized carbons (Fsp3) is 0.154. The maximum atomic E-state index is 11.0. The molecular weight excluding hydrogens is 204 g/mol. The number of benzene rings is 2. The largest absolute Gasteiger partial charge is 0.479 e. The fourth-order valence-electron chi connectivity index (χ4n) is 1.84. The van der Waals surface area contributed by atoms with Crippen molar-refractivity contribution >= 4 is 16.7 Å². The van der Waals surface area contributed by atoms with Gasteiger partial charge in [-0.15, -0.1) is 0 Å². The van der Waals surface area contributed by atoms with Crippen molar-refractivity contribution in [3.8, 4) is 0 Å². The highest BCUT2D eigenvalue weighted by Crippen LogP contribution is 2.26. The van der Waals surface area contributed by atoms with E-state index in [1.54, 1.807) is 6.07 Å². The van der Waals surface area contributed by atoms with E-state index >= 15 is 0 Å². The molecule has 1 N–H and O–H groups in total. The second kappa shape index (κ2) is 4.33. The van der Waals surface area contributed by atoms with Gasteiger partial charge < -0.3 is 9.84 Å². The molecule has 0 fully saturated rings. The Balaban J connectivity index is 2.63. The molecule has 0 aromatic heterocycles. The number of hydrogen-bond acceptors (Lipinski definition) is 2. The molecule has 2 rings (SSSR count).